The van der Waals surface area contributed by atoms with Crippen molar-refractivity contribution in [2.24, 2.45) is 0 Å². The van der Waals surface area contributed by atoms with Crippen molar-refractivity contribution in [2.45, 2.75) is 0 Å². The molecule has 0 atom stereocenters. The fraction of sp³-hybridized carbons (Fsp3) is 0. The van der Waals surface area contributed by atoms with Gasteiger partial charge in [-0.2, -0.15) is 0 Å². The third-order valence-electron chi connectivity index (χ3n) is 3.27. The standard InChI is InChI=1S/C14H8ClF2N3O2.K/c15-6-4-20-13-8(6)11(18)9(16)7(10(13)17)5-2-1-3-19-12(5)14(21)22;/h1-4,20H,18H2,(H,21,22);/q;+1/p-1. The molecular weight excluding hydrogens is 355 g/mol. The first kappa shape index (κ1) is 18.3. The monoisotopic (exact) mass is 361 g/mol. The molecule has 0 spiro atoms. The summed E-state index contributed by atoms with van der Waals surface area (Å²) in [7, 11) is 0. The number of aromatic nitrogens is 2. The second kappa shape index (κ2) is 6.84. The van der Waals surface area contributed by atoms with Gasteiger partial charge < -0.3 is 20.6 Å². The summed E-state index contributed by atoms with van der Waals surface area (Å²) in [5, 5.41) is 11.1. The number of carbonyl (C=O) groups is 1. The molecule has 0 amide bonds. The number of hydrogen-bond acceptors (Lipinski definition) is 4. The van der Waals surface area contributed by atoms with E-state index in [9.17, 15) is 18.7 Å². The number of benzene rings is 1. The Morgan fingerprint density at radius 3 is 2.70 bits per heavy atom. The van der Waals surface area contributed by atoms with Crippen LogP contribution in [-0.2, 0) is 0 Å². The van der Waals surface area contributed by atoms with E-state index < -0.39 is 28.9 Å². The smallest absolute Gasteiger partial charge is 0.543 e. The Balaban J connectivity index is 0.00000192. The fourth-order valence-electron chi connectivity index (χ4n) is 2.31. The van der Waals surface area contributed by atoms with E-state index >= 15 is 0 Å². The first-order valence-electron chi connectivity index (χ1n) is 6.03. The summed E-state index contributed by atoms with van der Waals surface area (Å²) < 4.78 is 29.1. The third kappa shape index (κ3) is 2.90. The molecule has 0 unspecified atom stereocenters. The molecule has 9 heteroatoms. The molecule has 1 aromatic carbocycles. The Morgan fingerprint density at radius 2 is 2.04 bits per heavy atom. The molecule has 23 heavy (non-hydrogen) atoms. The number of nitrogen functional groups attached to an aromatic ring is 1. The number of fused-ring (bicyclic) bond motifs is 1. The molecule has 3 rings (SSSR count). The molecule has 0 fully saturated rings. The van der Waals surface area contributed by atoms with E-state index in [-0.39, 0.29) is 78.6 Å². The molecule has 3 N–H and O–H groups in total. The summed E-state index contributed by atoms with van der Waals surface area (Å²) in [5.74, 6) is -3.77. The molecule has 0 aliphatic carbocycles. The summed E-state index contributed by atoms with van der Waals surface area (Å²) in [6.45, 7) is 0. The molecule has 0 saturated heterocycles. The van der Waals surface area contributed by atoms with E-state index in [4.69, 9.17) is 17.3 Å². The van der Waals surface area contributed by atoms with Crippen LogP contribution in [0.5, 0.6) is 0 Å². The Hall–Kier alpha value is -1.03. The van der Waals surface area contributed by atoms with Gasteiger partial charge in [-0.15, -0.1) is 0 Å². The summed E-state index contributed by atoms with van der Waals surface area (Å²) in [5.41, 5.74) is 3.71. The molecule has 5 nitrogen and oxygen atoms in total. The van der Waals surface area contributed by atoms with E-state index in [1.165, 1.54) is 24.5 Å². The molecule has 0 saturated carbocycles. The van der Waals surface area contributed by atoms with Crippen LogP contribution in [0, 0.1) is 11.6 Å². The number of H-pyrrole nitrogens is 1. The van der Waals surface area contributed by atoms with Gasteiger partial charge in [-0.05, 0) is 6.07 Å². The third-order valence-corrected chi connectivity index (χ3v) is 3.56. The average molecular weight is 362 g/mol. The van der Waals surface area contributed by atoms with E-state index in [1.54, 1.807) is 0 Å². The van der Waals surface area contributed by atoms with Crippen LogP contribution in [0.25, 0.3) is 22.0 Å². The molecule has 2 aromatic heterocycles. The maximum absolute atomic E-state index is 14.6. The number of aromatic amines is 1. The van der Waals surface area contributed by atoms with Gasteiger partial charge >= 0.3 is 51.4 Å². The minimum absolute atomic E-state index is 0. The number of nitrogens with one attached hydrogen (secondary N) is 1. The second-order valence-corrected chi connectivity index (χ2v) is 4.90. The van der Waals surface area contributed by atoms with Gasteiger partial charge in [0.25, 0.3) is 0 Å². The van der Waals surface area contributed by atoms with E-state index in [0.29, 0.717) is 0 Å². The Morgan fingerprint density at radius 1 is 1.35 bits per heavy atom. The van der Waals surface area contributed by atoms with Crippen molar-refractivity contribution in [3.8, 4) is 11.1 Å². The number of halogens is 3. The first-order valence-corrected chi connectivity index (χ1v) is 6.41. The molecule has 112 valence electrons. The summed E-state index contributed by atoms with van der Waals surface area (Å²) in [6, 6.07) is 2.57. The first-order chi connectivity index (χ1) is 10.4. The summed E-state index contributed by atoms with van der Waals surface area (Å²) in [4.78, 5) is 17.2. The zero-order valence-corrected chi connectivity index (χ0v) is 15.7. The SMILES string of the molecule is Nc1c(F)c(-c2cccnc2C(=O)[O-])c(F)c2[nH]cc(Cl)c12.[K+]. The number of rotatable bonds is 2. The number of carboxylic acid groups (broad SMARTS) is 1. The number of anilines is 1. The fourth-order valence-corrected chi connectivity index (χ4v) is 2.56. The zero-order valence-electron chi connectivity index (χ0n) is 11.8. The van der Waals surface area contributed by atoms with E-state index in [0.717, 1.165) is 0 Å². The normalized spacial score (nSPS) is 10.6. The molecule has 0 aliphatic heterocycles. The van der Waals surface area contributed by atoms with Crippen molar-refractivity contribution in [3.63, 3.8) is 0 Å². The van der Waals surface area contributed by atoms with Gasteiger partial charge in [0.1, 0.15) is 0 Å². The van der Waals surface area contributed by atoms with Crippen molar-refractivity contribution >= 4 is 34.2 Å². The summed E-state index contributed by atoms with van der Waals surface area (Å²) in [6.07, 6.45) is 2.44. The van der Waals surface area contributed by atoms with Crippen molar-refractivity contribution < 1.29 is 70.1 Å². The Labute approximate surface area is 176 Å². The number of pyridine rings is 1. The molecule has 0 bridgehead atoms. The molecule has 3 aromatic rings. The predicted octanol–water partition coefficient (Wildman–Crippen LogP) is -0.889. The average Bonchev–Trinajstić information content (AvgIpc) is 2.88. The van der Waals surface area contributed by atoms with Crippen LogP contribution in [0.15, 0.2) is 24.5 Å². The van der Waals surface area contributed by atoms with Crippen LogP contribution in [0.2, 0.25) is 5.02 Å². The number of nitrogens with zero attached hydrogens (tertiary/aromatic N) is 1. The second-order valence-electron chi connectivity index (χ2n) is 4.49. The number of carbonyl (C=O) groups excluding carboxylic acids is 1. The van der Waals surface area contributed by atoms with E-state index in [2.05, 4.69) is 9.97 Å². The minimum atomic E-state index is -1.66. The topological polar surface area (TPSA) is 94.8 Å². The molecule has 0 aliphatic rings. The molecule has 2 heterocycles. The van der Waals surface area contributed by atoms with Gasteiger partial charge in [0.05, 0.1) is 33.5 Å². The van der Waals surface area contributed by atoms with Gasteiger partial charge in [-0.3, -0.25) is 4.98 Å². The van der Waals surface area contributed by atoms with E-state index in [1.807, 2.05) is 0 Å². The maximum Gasteiger partial charge on any atom is 1.00 e. The number of aromatic carboxylic acids is 1. The number of carboxylic acids is 1. The largest absolute Gasteiger partial charge is 1.00 e. The Kier molecular flexibility index (Phi) is 5.44. The molecule has 0 radical (unpaired) electrons. The van der Waals surface area contributed by atoms with Gasteiger partial charge in [-0.25, -0.2) is 8.78 Å². The van der Waals surface area contributed by atoms with Crippen LogP contribution in [0.3, 0.4) is 0 Å². The molecular formula is C14H7ClF2KN3O2. The van der Waals surface area contributed by atoms with Gasteiger partial charge in [0, 0.05) is 23.3 Å². The van der Waals surface area contributed by atoms with Crippen molar-refractivity contribution in [2.75, 3.05) is 5.73 Å². The number of hydrogen-bond donors (Lipinski definition) is 2. The number of nitrogens with two attached hydrogens (primary N) is 1. The van der Waals surface area contributed by atoms with Crippen LogP contribution < -0.4 is 62.2 Å². The minimum Gasteiger partial charge on any atom is -0.543 e. The van der Waals surface area contributed by atoms with Gasteiger partial charge in [0.2, 0.25) is 0 Å². The van der Waals surface area contributed by atoms with Crippen molar-refractivity contribution in [3.05, 3.63) is 46.9 Å². The van der Waals surface area contributed by atoms with Crippen LogP contribution in [0.1, 0.15) is 10.5 Å². The van der Waals surface area contributed by atoms with Crippen LogP contribution >= 0.6 is 11.6 Å². The zero-order chi connectivity index (χ0) is 16.0. The van der Waals surface area contributed by atoms with Crippen LogP contribution in [-0.4, -0.2) is 15.9 Å². The summed E-state index contributed by atoms with van der Waals surface area (Å²) >= 11 is 5.84. The van der Waals surface area contributed by atoms with Crippen molar-refractivity contribution in [1.82, 2.24) is 9.97 Å². The van der Waals surface area contributed by atoms with Crippen LogP contribution in [0.4, 0.5) is 14.5 Å². The van der Waals surface area contributed by atoms with Gasteiger partial charge in [-0.1, -0.05) is 17.7 Å². The Bertz CT molecular complexity index is 930. The van der Waals surface area contributed by atoms with Crippen molar-refractivity contribution in [1.29, 1.82) is 0 Å². The predicted molar refractivity (Wildman–Crippen MR) is 75.2 cm³/mol. The quantitative estimate of drug-likeness (QED) is 0.457. The van der Waals surface area contributed by atoms with Gasteiger partial charge in [0.15, 0.2) is 11.6 Å². The maximum atomic E-state index is 14.6.